The summed E-state index contributed by atoms with van der Waals surface area (Å²) in [6.45, 7) is 3.42. The van der Waals surface area contributed by atoms with Crippen LogP contribution in [-0.4, -0.2) is 98.7 Å². The molecule has 0 spiro atoms. The fourth-order valence-corrected chi connectivity index (χ4v) is 7.34. The maximum Gasteiger partial charge on any atom is 0.337 e. The second-order valence-corrected chi connectivity index (χ2v) is 13.7. The lowest BCUT2D eigenvalue weighted by Gasteiger charge is -2.33. The molecule has 282 valence electrons. The second-order valence-electron chi connectivity index (χ2n) is 13.7. The van der Waals surface area contributed by atoms with Gasteiger partial charge in [0.1, 0.15) is 0 Å². The topological polar surface area (TPSA) is 112 Å². The van der Waals surface area contributed by atoms with Gasteiger partial charge in [-0.15, -0.1) is 0 Å². The van der Waals surface area contributed by atoms with E-state index in [-0.39, 0.29) is 29.5 Å². The maximum atomic E-state index is 14.1. The largest absolute Gasteiger partial charge is 0.493 e. The third kappa shape index (κ3) is 8.42. The van der Waals surface area contributed by atoms with E-state index in [9.17, 15) is 14.4 Å². The average molecular weight is 733 g/mol. The number of Topliss-reactive ketones (excluding diaryl/α,β-unsaturated/α-hetero) is 1. The van der Waals surface area contributed by atoms with Crippen molar-refractivity contribution in [3.63, 3.8) is 0 Å². The first-order chi connectivity index (χ1) is 26.2. The molecule has 4 aromatic carbocycles. The number of likely N-dealkylation sites (N-methyl/N-ethyl adjacent to an activating group) is 1. The highest BCUT2D eigenvalue weighted by molar-refractivity contribution is 5.98. The number of ether oxygens (including phenoxy) is 4. The van der Waals surface area contributed by atoms with Crippen LogP contribution >= 0.6 is 0 Å². The van der Waals surface area contributed by atoms with E-state index in [0.717, 1.165) is 55.5 Å². The van der Waals surface area contributed by atoms with Crippen LogP contribution in [-0.2, 0) is 11.3 Å². The van der Waals surface area contributed by atoms with E-state index in [4.69, 9.17) is 23.9 Å². The summed E-state index contributed by atoms with van der Waals surface area (Å²) >= 11 is 0. The van der Waals surface area contributed by atoms with Gasteiger partial charge in [-0.3, -0.25) is 9.59 Å². The molecule has 5 aromatic rings. The van der Waals surface area contributed by atoms with Gasteiger partial charge < -0.3 is 33.3 Å². The van der Waals surface area contributed by atoms with Crippen LogP contribution in [0.1, 0.15) is 67.6 Å². The van der Waals surface area contributed by atoms with E-state index in [1.807, 2.05) is 66.2 Å². The van der Waals surface area contributed by atoms with E-state index < -0.39 is 0 Å². The number of hydrogen-bond donors (Lipinski definition) is 0. The minimum absolute atomic E-state index is 0.0612. The van der Waals surface area contributed by atoms with Gasteiger partial charge >= 0.3 is 5.97 Å². The van der Waals surface area contributed by atoms with Gasteiger partial charge in [-0.05, 0) is 86.4 Å². The van der Waals surface area contributed by atoms with Gasteiger partial charge in [0.25, 0.3) is 5.91 Å². The number of rotatable bonds is 15. The Morgan fingerprint density at radius 1 is 0.815 bits per heavy atom. The Balaban J connectivity index is 1.11. The standard InChI is InChI=1S/C43H48N4O7/c1-45(42(49)34-25-37(51-2)40(53-4)38(26-34)52-3)28-33(30-11-7-6-8-12-30)21-24-46-22-19-31(20-23-46)39(48)41-44-35-13-9-10-14-36(35)47(41)27-29-15-17-32(18-16-29)43(50)54-5/h6-18,25-26,31,33H,19-24,27-28H2,1-5H3. The van der Waals surface area contributed by atoms with Crippen molar-refractivity contribution in [1.82, 2.24) is 19.4 Å². The first-order valence-corrected chi connectivity index (χ1v) is 18.2. The molecule has 0 N–H and O–H groups in total. The highest BCUT2D eigenvalue weighted by Gasteiger charge is 2.30. The number of piperidine rings is 1. The molecule has 1 aromatic heterocycles. The van der Waals surface area contributed by atoms with Crippen LogP contribution in [0.4, 0.5) is 0 Å². The van der Waals surface area contributed by atoms with Gasteiger partial charge in [-0.2, -0.15) is 0 Å². The van der Waals surface area contributed by atoms with E-state index >= 15 is 0 Å². The Kier molecular flexibility index (Phi) is 12.3. The van der Waals surface area contributed by atoms with Crippen LogP contribution in [0.3, 0.4) is 0 Å². The molecule has 0 bridgehead atoms. The summed E-state index contributed by atoms with van der Waals surface area (Å²) < 4.78 is 23.3. The normalized spacial score (nSPS) is 14.0. The third-order valence-electron chi connectivity index (χ3n) is 10.4. The summed E-state index contributed by atoms with van der Waals surface area (Å²) in [6, 6.07) is 28.7. The fourth-order valence-electron chi connectivity index (χ4n) is 7.34. The minimum atomic E-state index is -0.387. The summed E-state index contributed by atoms with van der Waals surface area (Å²) in [4.78, 5) is 48.8. The number of ketones is 1. The molecule has 1 amide bonds. The summed E-state index contributed by atoms with van der Waals surface area (Å²) in [5.41, 5.74) is 4.74. The molecule has 1 atom stereocenters. The van der Waals surface area contributed by atoms with Crippen molar-refractivity contribution in [1.29, 1.82) is 0 Å². The van der Waals surface area contributed by atoms with E-state index in [0.29, 0.717) is 47.3 Å². The van der Waals surface area contributed by atoms with E-state index in [1.54, 1.807) is 29.2 Å². The third-order valence-corrected chi connectivity index (χ3v) is 10.4. The predicted molar refractivity (Wildman–Crippen MR) is 207 cm³/mol. The van der Waals surface area contributed by atoms with Crippen LogP contribution in [0.15, 0.2) is 91.0 Å². The second kappa shape index (κ2) is 17.4. The quantitative estimate of drug-likeness (QED) is 0.0854. The number of para-hydroxylation sites is 2. The lowest BCUT2D eigenvalue weighted by Crippen LogP contribution is -2.38. The first-order valence-electron chi connectivity index (χ1n) is 18.2. The number of imidazole rings is 1. The van der Waals surface area contributed by atoms with Crippen LogP contribution in [0, 0.1) is 5.92 Å². The summed E-state index contributed by atoms with van der Waals surface area (Å²) in [5, 5.41) is 0. The number of esters is 1. The molecule has 0 radical (unpaired) electrons. The molecular weight excluding hydrogens is 684 g/mol. The van der Waals surface area contributed by atoms with Crippen LogP contribution in [0.5, 0.6) is 17.2 Å². The fraction of sp³-hybridized carbons (Fsp3) is 0.349. The van der Waals surface area contributed by atoms with Crippen molar-refractivity contribution < 1.29 is 33.3 Å². The van der Waals surface area contributed by atoms with Gasteiger partial charge in [0.2, 0.25) is 11.5 Å². The zero-order valence-corrected chi connectivity index (χ0v) is 31.6. The van der Waals surface area contributed by atoms with Crippen molar-refractivity contribution in [3.05, 3.63) is 119 Å². The summed E-state index contributed by atoms with van der Waals surface area (Å²) in [5.74, 6) is 1.27. The molecule has 1 saturated heterocycles. The van der Waals surface area contributed by atoms with Gasteiger partial charge in [0, 0.05) is 37.5 Å². The van der Waals surface area contributed by atoms with Crippen molar-refractivity contribution in [3.8, 4) is 17.2 Å². The Labute approximate surface area is 316 Å². The van der Waals surface area contributed by atoms with Crippen molar-refractivity contribution >= 4 is 28.7 Å². The zero-order valence-electron chi connectivity index (χ0n) is 31.6. The molecule has 11 nitrogen and oxygen atoms in total. The zero-order chi connectivity index (χ0) is 38.2. The maximum absolute atomic E-state index is 14.1. The first kappa shape index (κ1) is 38.1. The molecule has 1 unspecified atom stereocenters. The van der Waals surface area contributed by atoms with E-state index in [1.165, 1.54) is 34.0 Å². The summed E-state index contributed by atoms with van der Waals surface area (Å²) in [7, 11) is 7.79. The number of carbonyl (C=O) groups excluding carboxylic acids is 3. The molecule has 54 heavy (non-hydrogen) atoms. The summed E-state index contributed by atoms with van der Waals surface area (Å²) in [6.07, 6.45) is 2.33. The van der Waals surface area contributed by atoms with Crippen LogP contribution < -0.4 is 14.2 Å². The molecule has 0 aliphatic carbocycles. The molecule has 1 aliphatic rings. The SMILES string of the molecule is COC(=O)c1ccc(Cn2c(C(=O)C3CCN(CCC(CN(C)C(=O)c4cc(OC)c(OC)c(OC)c4)c4ccccc4)CC3)nc3ccccc32)cc1. The molecule has 1 aliphatic heterocycles. The number of hydrogen-bond acceptors (Lipinski definition) is 9. The van der Waals surface area contributed by atoms with Gasteiger partial charge in [0.05, 0.1) is 45.0 Å². The number of carbonyl (C=O) groups is 3. The molecular formula is C43H48N4O7. The number of amides is 1. The molecule has 0 saturated carbocycles. The van der Waals surface area contributed by atoms with Crippen molar-refractivity contribution in [2.24, 2.45) is 5.92 Å². The highest BCUT2D eigenvalue weighted by Crippen LogP contribution is 2.38. The average Bonchev–Trinajstić information content (AvgIpc) is 3.59. The van der Waals surface area contributed by atoms with Crippen molar-refractivity contribution in [2.45, 2.75) is 31.7 Å². The number of methoxy groups -OCH3 is 4. The lowest BCUT2D eigenvalue weighted by molar-refractivity contribution is 0.0600. The monoisotopic (exact) mass is 732 g/mol. The van der Waals surface area contributed by atoms with Crippen LogP contribution in [0.25, 0.3) is 11.0 Å². The number of fused-ring (bicyclic) bond motifs is 1. The van der Waals surface area contributed by atoms with Gasteiger partial charge in [-0.25, -0.2) is 9.78 Å². The smallest absolute Gasteiger partial charge is 0.337 e. The highest BCUT2D eigenvalue weighted by atomic mass is 16.5. The molecule has 11 heteroatoms. The Morgan fingerprint density at radius 3 is 2.09 bits per heavy atom. The molecule has 1 fully saturated rings. The number of nitrogens with zero attached hydrogens (tertiary/aromatic N) is 4. The van der Waals surface area contributed by atoms with E-state index in [2.05, 4.69) is 17.0 Å². The number of aromatic nitrogens is 2. The Bertz CT molecular complexity index is 2050. The molecule has 2 heterocycles. The van der Waals surface area contributed by atoms with Crippen molar-refractivity contribution in [2.75, 3.05) is 61.7 Å². The Morgan fingerprint density at radius 2 is 1.46 bits per heavy atom. The van der Waals surface area contributed by atoms with Gasteiger partial charge in [-0.1, -0.05) is 54.6 Å². The lowest BCUT2D eigenvalue weighted by atomic mass is 9.90. The van der Waals surface area contributed by atoms with Gasteiger partial charge in [0.15, 0.2) is 17.3 Å². The minimum Gasteiger partial charge on any atom is -0.493 e. The predicted octanol–water partition coefficient (Wildman–Crippen LogP) is 6.74. The Hall–Kier alpha value is -5.68. The number of likely N-dealkylation sites (tertiary alicyclic amines) is 1. The number of benzene rings is 4. The van der Waals surface area contributed by atoms with Crippen LogP contribution in [0.2, 0.25) is 0 Å². The molecule has 6 rings (SSSR count).